The van der Waals surface area contributed by atoms with Crippen molar-refractivity contribution in [3.63, 3.8) is 0 Å². The lowest BCUT2D eigenvalue weighted by Crippen LogP contribution is -2.49. The standard InChI is InChI=1S/C22H20ClN3O/c23-18-10-11-21(24-16-18)25-12-14-26(15-13-25)22(27)20-9-5-4-8-19(20)17-6-2-1-3-7-17/h1-11,16H,12-15H2. The number of amides is 1. The molecule has 0 spiro atoms. The first kappa shape index (κ1) is 17.6. The predicted octanol–water partition coefficient (Wildman–Crippen LogP) is 4.36. The van der Waals surface area contributed by atoms with Crippen LogP contribution < -0.4 is 4.90 Å². The Morgan fingerprint density at radius 3 is 2.26 bits per heavy atom. The monoisotopic (exact) mass is 377 g/mol. The molecular weight excluding hydrogens is 358 g/mol. The van der Waals surface area contributed by atoms with E-state index in [1.54, 1.807) is 6.20 Å². The maximum atomic E-state index is 13.2. The molecule has 4 nitrogen and oxygen atoms in total. The Balaban J connectivity index is 1.50. The Morgan fingerprint density at radius 1 is 0.852 bits per heavy atom. The molecule has 0 radical (unpaired) electrons. The predicted molar refractivity (Wildman–Crippen MR) is 109 cm³/mol. The third kappa shape index (κ3) is 3.81. The van der Waals surface area contributed by atoms with Gasteiger partial charge in [-0.05, 0) is 29.3 Å². The molecule has 3 aromatic rings. The van der Waals surface area contributed by atoms with Gasteiger partial charge in [0, 0.05) is 37.9 Å². The molecule has 0 saturated carbocycles. The van der Waals surface area contributed by atoms with Gasteiger partial charge in [0.1, 0.15) is 5.82 Å². The van der Waals surface area contributed by atoms with Crippen LogP contribution in [0.1, 0.15) is 10.4 Å². The molecule has 1 saturated heterocycles. The molecule has 0 atom stereocenters. The Labute approximate surface area is 164 Å². The van der Waals surface area contributed by atoms with Crippen LogP contribution in [0.15, 0.2) is 72.9 Å². The second kappa shape index (κ2) is 7.80. The Morgan fingerprint density at radius 2 is 1.56 bits per heavy atom. The van der Waals surface area contributed by atoms with Gasteiger partial charge < -0.3 is 9.80 Å². The molecule has 1 fully saturated rings. The minimum Gasteiger partial charge on any atom is -0.353 e. The summed E-state index contributed by atoms with van der Waals surface area (Å²) in [5, 5.41) is 0.630. The molecule has 2 heterocycles. The number of pyridine rings is 1. The van der Waals surface area contributed by atoms with E-state index >= 15 is 0 Å². The van der Waals surface area contributed by atoms with Crippen LogP contribution in [0.3, 0.4) is 0 Å². The minimum absolute atomic E-state index is 0.0816. The fraction of sp³-hybridized carbons (Fsp3) is 0.182. The number of halogens is 1. The zero-order chi connectivity index (χ0) is 18.6. The van der Waals surface area contributed by atoms with E-state index in [1.807, 2.05) is 71.6 Å². The third-order valence-corrected chi connectivity index (χ3v) is 5.07. The summed E-state index contributed by atoms with van der Waals surface area (Å²) in [5.41, 5.74) is 2.79. The van der Waals surface area contributed by atoms with Crippen LogP contribution in [0, 0.1) is 0 Å². The van der Waals surface area contributed by atoms with Crippen LogP contribution >= 0.6 is 11.6 Å². The van der Waals surface area contributed by atoms with E-state index in [4.69, 9.17) is 11.6 Å². The highest BCUT2D eigenvalue weighted by atomic mass is 35.5. The quantitative estimate of drug-likeness (QED) is 0.680. The maximum Gasteiger partial charge on any atom is 0.254 e. The number of hydrogen-bond donors (Lipinski definition) is 0. The van der Waals surface area contributed by atoms with Gasteiger partial charge in [-0.3, -0.25) is 4.79 Å². The van der Waals surface area contributed by atoms with Gasteiger partial charge in [0.2, 0.25) is 0 Å². The smallest absolute Gasteiger partial charge is 0.254 e. The fourth-order valence-corrected chi connectivity index (χ4v) is 3.51. The van der Waals surface area contributed by atoms with Crippen LogP contribution in [0.2, 0.25) is 5.02 Å². The topological polar surface area (TPSA) is 36.4 Å². The highest BCUT2D eigenvalue weighted by Gasteiger charge is 2.24. The van der Waals surface area contributed by atoms with Crippen molar-refractivity contribution < 1.29 is 4.79 Å². The highest BCUT2D eigenvalue weighted by molar-refractivity contribution is 6.30. The second-order valence-corrected chi connectivity index (χ2v) is 6.96. The van der Waals surface area contributed by atoms with Crippen LogP contribution in [0.5, 0.6) is 0 Å². The Bertz CT molecular complexity index is 920. The molecule has 0 bridgehead atoms. The first-order valence-electron chi connectivity index (χ1n) is 9.02. The average molecular weight is 378 g/mol. The summed E-state index contributed by atoms with van der Waals surface area (Å²) in [6, 6.07) is 21.6. The Hall–Kier alpha value is -2.85. The highest BCUT2D eigenvalue weighted by Crippen LogP contribution is 2.25. The summed E-state index contributed by atoms with van der Waals surface area (Å²) < 4.78 is 0. The fourth-order valence-electron chi connectivity index (χ4n) is 3.40. The van der Waals surface area contributed by atoms with E-state index in [9.17, 15) is 4.79 Å². The van der Waals surface area contributed by atoms with Crippen molar-refractivity contribution in [1.82, 2.24) is 9.88 Å². The first-order valence-corrected chi connectivity index (χ1v) is 9.40. The number of hydrogen-bond acceptors (Lipinski definition) is 3. The molecule has 5 heteroatoms. The number of benzene rings is 2. The summed E-state index contributed by atoms with van der Waals surface area (Å²) in [5.74, 6) is 0.981. The van der Waals surface area contributed by atoms with Gasteiger partial charge in [0.05, 0.1) is 5.02 Å². The molecule has 27 heavy (non-hydrogen) atoms. The van der Waals surface area contributed by atoms with Crippen molar-refractivity contribution in [3.05, 3.63) is 83.5 Å². The number of piperazine rings is 1. The lowest BCUT2D eigenvalue weighted by Gasteiger charge is -2.35. The largest absolute Gasteiger partial charge is 0.353 e. The summed E-state index contributed by atoms with van der Waals surface area (Å²) in [4.78, 5) is 21.6. The van der Waals surface area contributed by atoms with Crippen molar-refractivity contribution in [1.29, 1.82) is 0 Å². The van der Waals surface area contributed by atoms with Crippen molar-refractivity contribution in [2.75, 3.05) is 31.1 Å². The molecule has 1 aromatic heterocycles. The lowest BCUT2D eigenvalue weighted by molar-refractivity contribution is 0.0747. The molecule has 4 rings (SSSR count). The van der Waals surface area contributed by atoms with Crippen molar-refractivity contribution >= 4 is 23.3 Å². The number of carbonyl (C=O) groups excluding carboxylic acids is 1. The molecule has 0 aliphatic carbocycles. The molecule has 0 unspecified atom stereocenters. The molecule has 1 aliphatic rings. The van der Waals surface area contributed by atoms with Crippen LogP contribution in [-0.4, -0.2) is 42.0 Å². The van der Waals surface area contributed by atoms with Crippen molar-refractivity contribution in [2.24, 2.45) is 0 Å². The zero-order valence-electron chi connectivity index (χ0n) is 14.9. The zero-order valence-corrected chi connectivity index (χ0v) is 15.6. The van der Waals surface area contributed by atoms with Crippen molar-refractivity contribution in [3.8, 4) is 11.1 Å². The third-order valence-electron chi connectivity index (χ3n) is 4.84. The van der Waals surface area contributed by atoms with Crippen LogP contribution in [-0.2, 0) is 0 Å². The first-order chi connectivity index (χ1) is 13.2. The van der Waals surface area contributed by atoms with E-state index in [2.05, 4.69) is 9.88 Å². The van der Waals surface area contributed by atoms with E-state index in [0.717, 1.165) is 35.6 Å². The van der Waals surface area contributed by atoms with Gasteiger partial charge in [0.25, 0.3) is 5.91 Å². The average Bonchev–Trinajstić information content (AvgIpc) is 2.74. The van der Waals surface area contributed by atoms with Crippen LogP contribution in [0.25, 0.3) is 11.1 Å². The van der Waals surface area contributed by atoms with Gasteiger partial charge in [-0.15, -0.1) is 0 Å². The van der Waals surface area contributed by atoms with Gasteiger partial charge in [-0.1, -0.05) is 60.1 Å². The van der Waals surface area contributed by atoms with Gasteiger partial charge in [-0.25, -0.2) is 4.98 Å². The summed E-state index contributed by atoms with van der Waals surface area (Å²) in [6.07, 6.45) is 1.66. The number of carbonyl (C=O) groups is 1. The van der Waals surface area contributed by atoms with E-state index in [0.29, 0.717) is 18.1 Å². The molecule has 1 amide bonds. The maximum absolute atomic E-state index is 13.2. The normalized spacial score (nSPS) is 14.3. The second-order valence-electron chi connectivity index (χ2n) is 6.53. The number of nitrogens with zero attached hydrogens (tertiary/aromatic N) is 3. The van der Waals surface area contributed by atoms with Gasteiger partial charge >= 0.3 is 0 Å². The number of aromatic nitrogens is 1. The van der Waals surface area contributed by atoms with Crippen molar-refractivity contribution in [2.45, 2.75) is 0 Å². The molecule has 136 valence electrons. The van der Waals surface area contributed by atoms with E-state index in [1.165, 1.54) is 0 Å². The van der Waals surface area contributed by atoms with E-state index in [-0.39, 0.29) is 5.91 Å². The Kier molecular flexibility index (Phi) is 5.07. The summed E-state index contributed by atoms with van der Waals surface area (Å²) >= 11 is 5.91. The SMILES string of the molecule is O=C(c1ccccc1-c1ccccc1)N1CCN(c2ccc(Cl)cn2)CC1. The molecule has 0 N–H and O–H groups in total. The van der Waals surface area contributed by atoms with E-state index < -0.39 is 0 Å². The van der Waals surface area contributed by atoms with Gasteiger partial charge in [0.15, 0.2) is 0 Å². The minimum atomic E-state index is 0.0816. The van der Waals surface area contributed by atoms with Crippen LogP contribution in [0.4, 0.5) is 5.82 Å². The molecule has 1 aliphatic heterocycles. The molecule has 2 aromatic carbocycles. The molecular formula is C22H20ClN3O. The summed E-state index contributed by atoms with van der Waals surface area (Å²) in [7, 11) is 0. The van der Waals surface area contributed by atoms with Gasteiger partial charge in [-0.2, -0.15) is 0 Å². The number of anilines is 1. The number of rotatable bonds is 3. The lowest BCUT2D eigenvalue weighted by atomic mass is 9.98. The summed E-state index contributed by atoms with van der Waals surface area (Å²) in [6.45, 7) is 2.86.